The van der Waals surface area contributed by atoms with E-state index in [2.05, 4.69) is 5.32 Å². The highest BCUT2D eigenvalue weighted by Gasteiger charge is 2.12. The molecule has 0 radical (unpaired) electrons. The van der Waals surface area contributed by atoms with Crippen LogP contribution in [0, 0.1) is 18.6 Å². The van der Waals surface area contributed by atoms with E-state index < -0.39 is 11.6 Å². The second-order valence-electron chi connectivity index (χ2n) is 5.95. The summed E-state index contributed by atoms with van der Waals surface area (Å²) in [5, 5.41) is 3.07. The van der Waals surface area contributed by atoms with E-state index in [0.717, 1.165) is 29.1 Å². The molecule has 4 heteroatoms. The third-order valence-electron chi connectivity index (χ3n) is 2.82. The van der Waals surface area contributed by atoms with Crippen molar-refractivity contribution in [2.45, 2.75) is 33.3 Å². The lowest BCUT2D eigenvalue weighted by atomic mass is 10.1. The molecule has 0 saturated heterocycles. The number of rotatable bonds is 3. The van der Waals surface area contributed by atoms with Crippen molar-refractivity contribution < 1.29 is 13.5 Å². The Bertz CT molecular complexity index is 648. The molecule has 2 aromatic carbocycles. The van der Waals surface area contributed by atoms with Crippen molar-refractivity contribution in [3.8, 4) is 5.75 Å². The van der Waals surface area contributed by atoms with E-state index in [1.54, 1.807) is 0 Å². The SMILES string of the molecule is Cc1cc(OC(C)(C)C)ccc1Nc1ccc(F)c(F)c1. The van der Waals surface area contributed by atoms with Crippen molar-refractivity contribution in [3.05, 3.63) is 53.6 Å². The van der Waals surface area contributed by atoms with Gasteiger partial charge in [0.1, 0.15) is 11.4 Å². The summed E-state index contributed by atoms with van der Waals surface area (Å²) in [5.41, 5.74) is 2.02. The van der Waals surface area contributed by atoms with E-state index in [-0.39, 0.29) is 5.60 Å². The van der Waals surface area contributed by atoms with Gasteiger partial charge in [-0.05, 0) is 63.6 Å². The Morgan fingerprint density at radius 1 is 0.952 bits per heavy atom. The van der Waals surface area contributed by atoms with Gasteiger partial charge in [-0.3, -0.25) is 0 Å². The average molecular weight is 291 g/mol. The molecule has 0 fully saturated rings. The van der Waals surface area contributed by atoms with Crippen LogP contribution in [0.2, 0.25) is 0 Å². The molecule has 0 aromatic heterocycles. The Hall–Kier alpha value is -2.10. The van der Waals surface area contributed by atoms with Gasteiger partial charge in [0.2, 0.25) is 0 Å². The zero-order valence-corrected chi connectivity index (χ0v) is 12.6. The van der Waals surface area contributed by atoms with Crippen molar-refractivity contribution in [2.24, 2.45) is 0 Å². The van der Waals surface area contributed by atoms with Gasteiger partial charge >= 0.3 is 0 Å². The highest BCUT2D eigenvalue weighted by Crippen LogP contribution is 2.27. The van der Waals surface area contributed by atoms with Crippen LogP contribution < -0.4 is 10.1 Å². The number of nitrogens with one attached hydrogen (secondary N) is 1. The van der Waals surface area contributed by atoms with Crippen LogP contribution in [0.1, 0.15) is 26.3 Å². The van der Waals surface area contributed by atoms with E-state index in [9.17, 15) is 8.78 Å². The molecule has 0 aliphatic rings. The molecule has 112 valence electrons. The third-order valence-corrected chi connectivity index (χ3v) is 2.82. The van der Waals surface area contributed by atoms with Crippen LogP contribution >= 0.6 is 0 Å². The first-order valence-electron chi connectivity index (χ1n) is 6.76. The van der Waals surface area contributed by atoms with E-state index in [0.29, 0.717) is 5.69 Å². The number of hydrogen-bond donors (Lipinski definition) is 1. The van der Waals surface area contributed by atoms with Crippen LogP contribution in [0.15, 0.2) is 36.4 Å². The maximum atomic E-state index is 13.2. The van der Waals surface area contributed by atoms with Crippen LogP contribution in [0.25, 0.3) is 0 Å². The summed E-state index contributed by atoms with van der Waals surface area (Å²) < 4.78 is 31.9. The minimum absolute atomic E-state index is 0.262. The summed E-state index contributed by atoms with van der Waals surface area (Å²) in [7, 11) is 0. The molecule has 0 spiro atoms. The Kier molecular flexibility index (Phi) is 4.16. The molecule has 0 heterocycles. The monoisotopic (exact) mass is 291 g/mol. The van der Waals surface area contributed by atoms with E-state index in [4.69, 9.17) is 4.74 Å². The number of benzene rings is 2. The standard InChI is InChI=1S/C17H19F2NO/c1-11-9-13(21-17(2,3)4)6-8-16(11)20-12-5-7-14(18)15(19)10-12/h5-10,20H,1-4H3. The Morgan fingerprint density at radius 3 is 2.24 bits per heavy atom. The van der Waals surface area contributed by atoms with Gasteiger partial charge in [0.25, 0.3) is 0 Å². The van der Waals surface area contributed by atoms with Gasteiger partial charge in [-0.2, -0.15) is 0 Å². The Labute approximate surface area is 123 Å². The minimum Gasteiger partial charge on any atom is -0.488 e. The molecule has 0 aliphatic heterocycles. The predicted molar refractivity (Wildman–Crippen MR) is 81.2 cm³/mol. The number of halogens is 2. The molecule has 1 N–H and O–H groups in total. The maximum Gasteiger partial charge on any atom is 0.160 e. The van der Waals surface area contributed by atoms with Gasteiger partial charge in [0.15, 0.2) is 11.6 Å². The largest absolute Gasteiger partial charge is 0.488 e. The number of anilines is 2. The van der Waals surface area contributed by atoms with Crippen molar-refractivity contribution in [3.63, 3.8) is 0 Å². The molecule has 0 bridgehead atoms. The fourth-order valence-corrected chi connectivity index (χ4v) is 1.92. The van der Waals surface area contributed by atoms with Crippen LogP contribution in [0.3, 0.4) is 0 Å². The van der Waals surface area contributed by atoms with E-state index >= 15 is 0 Å². The Balaban J connectivity index is 2.19. The number of ether oxygens (including phenoxy) is 1. The lowest BCUT2D eigenvalue weighted by Gasteiger charge is -2.22. The molecule has 2 nitrogen and oxygen atoms in total. The van der Waals surface area contributed by atoms with E-state index in [1.807, 2.05) is 45.9 Å². The lowest BCUT2D eigenvalue weighted by molar-refractivity contribution is 0.131. The van der Waals surface area contributed by atoms with Gasteiger partial charge in [-0.15, -0.1) is 0 Å². The van der Waals surface area contributed by atoms with Crippen molar-refractivity contribution in [2.75, 3.05) is 5.32 Å². The molecule has 0 saturated carbocycles. The first kappa shape index (κ1) is 15.3. The van der Waals surface area contributed by atoms with Crippen LogP contribution in [0.4, 0.5) is 20.2 Å². The van der Waals surface area contributed by atoms with Crippen molar-refractivity contribution >= 4 is 11.4 Å². The van der Waals surface area contributed by atoms with Crippen LogP contribution in [-0.4, -0.2) is 5.60 Å². The van der Waals surface area contributed by atoms with Crippen LogP contribution in [0.5, 0.6) is 5.75 Å². The molecule has 0 unspecified atom stereocenters. The van der Waals surface area contributed by atoms with E-state index in [1.165, 1.54) is 6.07 Å². The first-order chi connectivity index (χ1) is 9.74. The molecule has 0 atom stereocenters. The van der Waals surface area contributed by atoms with Gasteiger partial charge in [-0.1, -0.05) is 0 Å². The van der Waals surface area contributed by atoms with Crippen molar-refractivity contribution in [1.29, 1.82) is 0 Å². The van der Waals surface area contributed by atoms with Gasteiger partial charge in [-0.25, -0.2) is 8.78 Å². The maximum absolute atomic E-state index is 13.2. The molecule has 2 aromatic rings. The van der Waals surface area contributed by atoms with Gasteiger partial charge in [0, 0.05) is 17.4 Å². The fraction of sp³-hybridized carbons (Fsp3) is 0.294. The van der Waals surface area contributed by atoms with Gasteiger partial charge in [0.05, 0.1) is 0 Å². The summed E-state index contributed by atoms with van der Waals surface area (Å²) in [6.07, 6.45) is 0. The smallest absolute Gasteiger partial charge is 0.160 e. The average Bonchev–Trinajstić information content (AvgIpc) is 2.35. The summed E-state index contributed by atoms with van der Waals surface area (Å²) in [6.45, 7) is 7.87. The topological polar surface area (TPSA) is 21.3 Å². The summed E-state index contributed by atoms with van der Waals surface area (Å²) >= 11 is 0. The zero-order chi connectivity index (χ0) is 15.6. The molecule has 0 amide bonds. The fourth-order valence-electron chi connectivity index (χ4n) is 1.92. The number of hydrogen-bond acceptors (Lipinski definition) is 2. The highest BCUT2D eigenvalue weighted by molar-refractivity contribution is 5.64. The molecule has 21 heavy (non-hydrogen) atoms. The second kappa shape index (κ2) is 5.72. The van der Waals surface area contributed by atoms with Crippen molar-refractivity contribution in [1.82, 2.24) is 0 Å². The second-order valence-corrected chi connectivity index (χ2v) is 5.95. The van der Waals surface area contributed by atoms with Gasteiger partial charge < -0.3 is 10.1 Å². The quantitative estimate of drug-likeness (QED) is 0.839. The normalized spacial score (nSPS) is 11.3. The zero-order valence-electron chi connectivity index (χ0n) is 12.6. The summed E-state index contributed by atoms with van der Waals surface area (Å²) in [4.78, 5) is 0. The number of aryl methyl sites for hydroxylation is 1. The molecular weight excluding hydrogens is 272 g/mol. The molecule has 2 rings (SSSR count). The van der Waals surface area contributed by atoms with Crippen LogP contribution in [-0.2, 0) is 0 Å². The first-order valence-corrected chi connectivity index (χ1v) is 6.76. The minimum atomic E-state index is -0.870. The third kappa shape index (κ3) is 4.18. The molecular formula is C17H19F2NO. The predicted octanol–water partition coefficient (Wildman–Crippen LogP) is 5.19. The highest BCUT2D eigenvalue weighted by atomic mass is 19.2. The Morgan fingerprint density at radius 2 is 1.67 bits per heavy atom. The lowest BCUT2D eigenvalue weighted by Crippen LogP contribution is -2.22. The summed E-state index contributed by atoms with van der Waals surface area (Å²) in [5.74, 6) is -0.952. The summed E-state index contributed by atoms with van der Waals surface area (Å²) in [6, 6.07) is 9.35. The molecule has 0 aliphatic carbocycles.